The molecule has 0 bridgehead atoms. The Morgan fingerprint density at radius 3 is 2.55 bits per heavy atom. The molecular formula is C28H33N5. The van der Waals surface area contributed by atoms with Crippen molar-refractivity contribution in [3.8, 4) is 0 Å². The molecule has 0 spiro atoms. The second-order valence-electron chi connectivity index (χ2n) is 8.48. The summed E-state index contributed by atoms with van der Waals surface area (Å²) in [5.41, 5.74) is 12.8. The van der Waals surface area contributed by atoms with Crippen LogP contribution in [-0.2, 0) is 19.4 Å². The van der Waals surface area contributed by atoms with E-state index >= 15 is 0 Å². The molecule has 33 heavy (non-hydrogen) atoms. The first kappa shape index (κ1) is 22.7. The summed E-state index contributed by atoms with van der Waals surface area (Å²) in [6.07, 6.45) is 7.87. The van der Waals surface area contributed by atoms with Gasteiger partial charge >= 0.3 is 0 Å². The predicted octanol–water partition coefficient (Wildman–Crippen LogP) is 5.43. The van der Waals surface area contributed by atoms with E-state index in [-0.39, 0.29) is 0 Å². The summed E-state index contributed by atoms with van der Waals surface area (Å²) in [5, 5.41) is 0. The summed E-state index contributed by atoms with van der Waals surface area (Å²) in [5.74, 6) is 0.966. The second-order valence-corrected chi connectivity index (χ2v) is 8.48. The lowest BCUT2D eigenvalue weighted by Gasteiger charge is -2.24. The Hall–Kier alpha value is -3.44. The van der Waals surface area contributed by atoms with Crippen LogP contribution < -0.4 is 10.6 Å². The van der Waals surface area contributed by atoms with Gasteiger partial charge < -0.3 is 15.6 Å². The highest BCUT2D eigenvalue weighted by atomic mass is 15.2. The Balaban J connectivity index is 0.000000214. The molecule has 0 saturated carbocycles. The van der Waals surface area contributed by atoms with E-state index in [1.807, 2.05) is 36.5 Å². The number of anilines is 1. The fourth-order valence-corrected chi connectivity index (χ4v) is 4.13. The molecule has 170 valence electrons. The number of nitrogens with one attached hydrogen (secondary N) is 1. The van der Waals surface area contributed by atoms with E-state index in [9.17, 15) is 0 Å². The minimum absolute atomic E-state index is 0.535. The van der Waals surface area contributed by atoms with E-state index in [1.54, 1.807) is 0 Å². The molecule has 5 heteroatoms. The standard InChI is InChI=1S/C19H22N4.C9H11N/c1-15(13-20)11-12-23(16-7-3-2-4-8-16)14-19-21-17-9-5-6-10-18(17)22-19;1-2-6-9-8(4-1)5-3-7-10-9/h2-10H,1,11-14,20H2,(H,21,22);3,5,7H,1-2,4,6H2. The molecule has 2 aromatic heterocycles. The molecule has 0 atom stereocenters. The fraction of sp³-hybridized carbons (Fsp3) is 0.286. The third-order valence-corrected chi connectivity index (χ3v) is 6.02. The first-order valence-corrected chi connectivity index (χ1v) is 11.8. The van der Waals surface area contributed by atoms with E-state index in [2.05, 4.69) is 62.8 Å². The van der Waals surface area contributed by atoms with Gasteiger partial charge in [-0.2, -0.15) is 0 Å². The van der Waals surface area contributed by atoms with Crippen molar-refractivity contribution in [2.75, 3.05) is 18.0 Å². The molecule has 2 aromatic carbocycles. The number of fused-ring (bicyclic) bond motifs is 2. The van der Waals surface area contributed by atoms with Crippen LogP contribution in [0.5, 0.6) is 0 Å². The second kappa shape index (κ2) is 11.4. The highest BCUT2D eigenvalue weighted by Crippen LogP contribution is 2.19. The minimum atomic E-state index is 0.535. The van der Waals surface area contributed by atoms with E-state index in [1.165, 1.54) is 42.6 Å². The number of rotatable bonds is 7. The first-order chi connectivity index (χ1) is 16.2. The molecule has 2 heterocycles. The average molecular weight is 440 g/mol. The number of nitrogens with two attached hydrogens (primary N) is 1. The van der Waals surface area contributed by atoms with Crippen LogP contribution >= 0.6 is 0 Å². The number of H-pyrrole nitrogens is 1. The van der Waals surface area contributed by atoms with Gasteiger partial charge in [-0.3, -0.25) is 4.98 Å². The van der Waals surface area contributed by atoms with Crippen molar-refractivity contribution < 1.29 is 0 Å². The Bertz CT molecular complexity index is 1110. The molecule has 3 N–H and O–H groups in total. The minimum Gasteiger partial charge on any atom is -0.364 e. The van der Waals surface area contributed by atoms with E-state index in [0.717, 1.165) is 41.9 Å². The third kappa shape index (κ3) is 6.30. The van der Waals surface area contributed by atoms with Gasteiger partial charge in [-0.1, -0.05) is 48.6 Å². The van der Waals surface area contributed by atoms with Crippen LogP contribution in [0.15, 0.2) is 85.1 Å². The Kier molecular flexibility index (Phi) is 7.88. The lowest BCUT2D eigenvalue weighted by atomic mass is 9.96. The van der Waals surface area contributed by atoms with E-state index < -0.39 is 0 Å². The normalized spacial score (nSPS) is 12.5. The van der Waals surface area contributed by atoms with Gasteiger partial charge in [0.2, 0.25) is 0 Å². The Morgan fingerprint density at radius 2 is 1.76 bits per heavy atom. The zero-order chi connectivity index (χ0) is 22.9. The third-order valence-electron chi connectivity index (χ3n) is 6.02. The predicted molar refractivity (Wildman–Crippen MR) is 137 cm³/mol. The largest absolute Gasteiger partial charge is 0.364 e. The molecule has 0 aliphatic heterocycles. The number of hydrogen-bond acceptors (Lipinski definition) is 4. The number of benzene rings is 2. The van der Waals surface area contributed by atoms with Crippen LogP contribution in [0.3, 0.4) is 0 Å². The van der Waals surface area contributed by atoms with Gasteiger partial charge in [0.1, 0.15) is 5.82 Å². The van der Waals surface area contributed by atoms with Gasteiger partial charge in [0.25, 0.3) is 0 Å². The zero-order valence-corrected chi connectivity index (χ0v) is 19.2. The number of pyridine rings is 1. The Morgan fingerprint density at radius 1 is 0.970 bits per heavy atom. The maximum absolute atomic E-state index is 5.66. The van der Waals surface area contributed by atoms with Gasteiger partial charge in [0, 0.05) is 30.7 Å². The number of aromatic amines is 1. The van der Waals surface area contributed by atoms with E-state index in [4.69, 9.17) is 5.73 Å². The fourth-order valence-electron chi connectivity index (χ4n) is 4.13. The molecule has 0 radical (unpaired) electrons. The smallest absolute Gasteiger partial charge is 0.126 e. The average Bonchev–Trinajstić information content (AvgIpc) is 3.30. The SMILES string of the molecule is C=C(CN)CCN(Cc1nc2ccccc2[nH]1)c1ccccc1.c1cnc2c(c1)CCCC2. The van der Waals surface area contributed by atoms with E-state index in [0.29, 0.717) is 6.54 Å². The molecule has 4 aromatic rings. The van der Waals surface area contributed by atoms with Gasteiger partial charge in [-0.15, -0.1) is 0 Å². The highest BCUT2D eigenvalue weighted by molar-refractivity contribution is 5.74. The molecule has 5 nitrogen and oxygen atoms in total. The number of nitrogens with zero attached hydrogens (tertiary/aromatic N) is 3. The molecule has 0 fully saturated rings. The monoisotopic (exact) mass is 439 g/mol. The van der Waals surface area contributed by atoms with Crippen LogP contribution in [-0.4, -0.2) is 28.0 Å². The van der Waals surface area contributed by atoms with Crippen LogP contribution in [0.4, 0.5) is 5.69 Å². The van der Waals surface area contributed by atoms with Crippen LogP contribution in [0.1, 0.15) is 36.3 Å². The summed E-state index contributed by atoms with van der Waals surface area (Å²) in [4.78, 5) is 14.7. The molecule has 0 unspecified atom stereocenters. The van der Waals surface area contributed by atoms with Crippen molar-refractivity contribution in [2.45, 2.75) is 38.6 Å². The van der Waals surface area contributed by atoms with Crippen LogP contribution in [0, 0.1) is 0 Å². The van der Waals surface area contributed by atoms with Gasteiger partial charge in [0.15, 0.2) is 0 Å². The highest BCUT2D eigenvalue weighted by Gasteiger charge is 2.11. The lowest BCUT2D eigenvalue weighted by molar-refractivity contribution is 0.668. The molecular weight excluding hydrogens is 406 g/mol. The molecule has 0 amide bonds. The van der Waals surface area contributed by atoms with Gasteiger partial charge in [-0.05, 0) is 68.0 Å². The van der Waals surface area contributed by atoms with Crippen molar-refractivity contribution in [3.63, 3.8) is 0 Å². The molecule has 1 aliphatic carbocycles. The summed E-state index contributed by atoms with van der Waals surface area (Å²) < 4.78 is 0. The number of hydrogen-bond donors (Lipinski definition) is 2. The van der Waals surface area contributed by atoms with Crippen molar-refractivity contribution in [1.29, 1.82) is 0 Å². The summed E-state index contributed by atoms with van der Waals surface area (Å²) in [6, 6.07) is 22.7. The number of aromatic nitrogens is 3. The van der Waals surface area contributed by atoms with Crippen molar-refractivity contribution >= 4 is 16.7 Å². The number of aryl methyl sites for hydroxylation is 2. The van der Waals surface area contributed by atoms with Crippen molar-refractivity contribution in [1.82, 2.24) is 15.0 Å². The first-order valence-electron chi connectivity index (χ1n) is 11.8. The molecule has 5 rings (SSSR count). The van der Waals surface area contributed by atoms with Gasteiger partial charge in [0.05, 0.1) is 17.6 Å². The Labute approximate surface area is 196 Å². The van der Waals surface area contributed by atoms with Crippen LogP contribution in [0.25, 0.3) is 11.0 Å². The van der Waals surface area contributed by atoms with Crippen molar-refractivity contribution in [2.24, 2.45) is 5.73 Å². The topological polar surface area (TPSA) is 70.8 Å². The quantitative estimate of drug-likeness (QED) is 0.377. The number of imidazole rings is 1. The number of para-hydroxylation sites is 3. The zero-order valence-electron chi connectivity index (χ0n) is 19.2. The molecule has 1 aliphatic rings. The molecule has 0 saturated heterocycles. The maximum atomic E-state index is 5.66. The summed E-state index contributed by atoms with van der Waals surface area (Å²) in [7, 11) is 0. The summed E-state index contributed by atoms with van der Waals surface area (Å²) in [6.45, 7) is 6.15. The van der Waals surface area contributed by atoms with Gasteiger partial charge in [-0.25, -0.2) is 4.98 Å². The summed E-state index contributed by atoms with van der Waals surface area (Å²) >= 11 is 0. The lowest BCUT2D eigenvalue weighted by Crippen LogP contribution is -2.25. The maximum Gasteiger partial charge on any atom is 0.126 e. The van der Waals surface area contributed by atoms with Crippen molar-refractivity contribution in [3.05, 3.63) is 102 Å². The van der Waals surface area contributed by atoms with Crippen LogP contribution in [0.2, 0.25) is 0 Å².